The second kappa shape index (κ2) is 4.30. The second-order valence-corrected chi connectivity index (χ2v) is 5.60. The third-order valence-corrected chi connectivity index (χ3v) is 5.53. The normalized spacial score (nSPS) is 35.7. The Balaban J connectivity index is 2.80. The first-order valence-corrected chi connectivity index (χ1v) is 6.10. The summed E-state index contributed by atoms with van der Waals surface area (Å²) in [6.45, 7) is 4.24. The van der Waals surface area contributed by atoms with E-state index in [1.165, 1.54) is 5.75 Å². The topological polar surface area (TPSA) is 48.8 Å². The quantitative estimate of drug-likeness (QED) is 0.393. The predicted octanol–water partition coefficient (Wildman–Crippen LogP) is 3.27. The van der Waals surface area contributed by atoms with Crippen LogP contribution in [0.25, 0.3) is 10.4 Å². The average molecular weight is 203 g/mol. The zero-order valence-electron chi connectivity index (χ0n) is 7.36. The van der Waals surface area contributed by atoms with Gasteiger partial charge in [0, 0.05) is 21.7 Å². The molecular formula is C7H13N3S2. The van der Waals surface area contributed by atoms with Crippen LogP contribution in [0.4, 0.5) is 0 Å². The smallest absolute Gasteiger partial charge is 0.106 e. The van der Waals surface area contributed by atoms with Gasteiger partial charge in [0.25, 0.3) is 0 Å². The maximum atomic E-state index is 8.47. The van der Waals surface area contributed by atoms with Gasteiger partial charge in [-0.05, 0) is 12.0 Å². The largest absolute Gasteiger partial charge is 0.156 e. The summed E-state index contributed by atoms with van der Waals surface area (Å²) in [6.07, 6.45) is 0.926. The molecule has 3 nitrogen and oxygen atoms in total. The molecular weight excluding hydrogens is 190 g/mol. The van der Waals surface area contributed by atoms with Gasteiger partial charge in [-0.3, -0.25) is 0 Å². The lowest BCUT2D eigenvalue weighted by molar-refractivity contribution is 0.578. The van der Waals surface area contributed by atoms with Gasteiger partial charge in [-0.25, -0.2) is 0 Å². The molecule has 0 amide bonds. The van der Waals surface area contributed by atoms with Gasteiger partial charge in [-0.1, -0.05) is 19.0 Å². The van der Waals surface area contributed by atoms with E-state index in [1.54, 1.807) is 11.8 Å². The molecule has 1 rings (SSSR count). The van der Waals surface area contributed by atoms with Crippen molar-refractivity contribution in [2.75, 3.05) is 11.5 Å². The second-order valence-electron chi connectivity index (χ2n) is 2.75. The van der Waals surface area contributed by atoms with Crippen molar-refractivity contribution in [1.82, 2.24) is 0 Å². The summed E-state index contributed by atoms with van der Waals surface area (Å²) in [7, 11) is 0. The van der Waals surface area contributed by atoms with Crippen molar-refractivity contribution < 1.29 is 0 Å². The van der Waals surface area contributed by atoms with E-state index < -0.39 is 0 Å². The van der Waals surface area contributed by atoms with Crippen LogP contribution in [-0.2, 0) is 0 Å². The molecule has 1 saturated heterocycles. The number of nitrogens with zero attached hydrogens (tertiary/aromatic N) is 3. The van der Waals surface area contributed by atoms with Crippen LogP contribution in [0.2, 0.25) is 0 Å². The van der Waals surface area contributed by atoms with Gasteiger partial charge in [0.15, 0.2) is 0 Å². The molecule has 1 aliphatic rings. The van der Waals surface area contributed by atoms with E-state index >= 15 is 0 Å². The van der Waals surface area contributed by atoms with Gasteiger partial charge >= 0.3 is 0 Å². The van der Waals surface area contributed by atoms with Gasteiger partial charge in [0.1, 0.15) is 4.87 Å². The summed E-state index contributed by atoms with van der Waals surface area (Å²) in [6, 6.07) is 0. The Morgan fingerprint density at radius 3 is 2.92 bits per heavy atom. The lowest BCUT2D eigenvalue weighted by Gasteiger charge is -2.36. The van der Waals surface area contributed by atoms with Gasteiger partial charge in [-0.2, -0.15) is 11.8 Å². The Hall–Kier alpha value is 0.0100. The van der Waals surface area contributed by atoms with E-state index in [1.807, 2.05) is 11.8 Å². The fourth-order valence-corrected chi connectivity index (χ4v) is 4.18. The van der Waals surface area contributed by atoms with Crippen molar-refractivity contribution in [2.45, 2.75) is 30.4 Å². The third-order valence-electron chi connectivity index (χ3n) is 2.16. The minimum Gasteiger partial charge on any atom is -0.156 e. The Kier molecular flexibility index (Phi) is 3.62. The minimum absolute atomic E-state index is 0.183. The lowest BCUT2D eigenvalue weighted by atomic mass is 10.2. The first-order chi connectivity index (χ1) is 5.75. The monoisotopic (exact) mass is 203 g/mol. The summed E-state index contributed by atoms with van der Waals surface area (Å²) in [5.74, 6) is 2.27. The molecule has 0 N–H and O–H groups in total. The molecule has 0 aromatic rings. The van der Waals surface area contributed by atoms with Crippen molar-refractivity contribution in [1.29, 1.82) is 0 Å². The number of rotatable bonds is 2. The van der Waals surface area contributed by atoms with Gasteiger partial charge in [0.2, 0.25) is 0 Å². The van der Waals surface area contributed by atoms with Gasteiger partial charge in [-0.15, -0.1) is 11.8 Å². The zero-order chi connectivity index (χ0) is 9.03. The maximum absolute atomic E-state index is 8.47. The van der Waals surface area contributed by atoms with Crippen molar-refractivity contribution in [3.63, 3.8) is 0 Å². The van der Waals surface area contributed by atoms with Crippen LogP contribution in [0.1, 0.15) is 20.3 Å². The molecule has 12 heavy (non-hydrogen) atoms. The molecule has 0 aliphatic carbocycles. The van der Waals surface area contributed by atoms with Gasteiger partial charge < -0.3 is 0 Å². The number of thioether (sulfide) groups is 2. The molecule has 2 atom stereocenters. The number of hydrogen-bond acceptors (Lipinski definition) is 3. The van der Waals surface area contributed by atoms with Crippen molar-refractivity contribution >= 4 is 23.5 Å². The van der Waals surface area contributed by atoms with E-state index in [0.29, 0.717) is 5.25 Å². The van der Waals surface area contributed by atoms with E-state index in [4.69, 9.17) is 5.53 Å². The highest BCUT2D eigenvalue weighted by molar-refractivity contribution is 8.07. The molecule has 0 radical (unpaired) electrons. The predicted molar refractivity (Wildman–Crippen MR) is 56.5 cm³/mol. The van der Waals surface area contributed by atoms with E-state index in [2.05, 4.69) is 23.9 Å². The van der Waals surface area contributed by atoms with Crippen LogP contribution < -0.4 is 0 Å². The Labute approximate surface area is 81.3 Å². The maximum Gasteiger partial charge on any atom is 0.106 e. The minimum atomic E-state index is -0.183. The van der Waals surface area contributed by atoms with Crippen molar-refractivity contribution in [3.8, 4) is 0 Å². The lowest BCUT2D eigenvalue weighted by Crippen LogP contribution is -2.35. The molecule has 0 saturated carbocycles. The first-order valence-electron chi connectivity index (χ1n) is 4.07. The molecule has 0 spiro atoms. The Morgan fingerprint density at radius 2 is 2.42 bits per heavy atom. The zero-order valence-corrected chi connectivity index (χ0v) is 8.99. The summed E-state index contributed by atoms with van der Waals surface area (Å²) in [5.41, 5.74) is 8.47. The molecule has 1 aliphatic heterocycles. The van der Waals surface area contributed by atoms with Crippen molar-refractivity contribution in [2.24, 2.45) is 5.11 Å². The highest BCUT2D eigenvalue weighted by atomic mass is 32.2. The summed E-state index contributed by atoms with van der Waals surface area (Å²) in [4.78, 5) is 2.76. The SMILES string of the molecule is CC[C@]1(N=[N+]=[N-])SCCS[C@H]1C. The van der Waals surface area contributed by atoms with Crippen LogP contribution >= 0.6 is 23.5 Å². The fraction of sp³-hybridized carbons (Fsp3) is 1.00. The third kappa shape index (κ3) is 1.84. The van der Waals surface area contributed by atoms with Crippen LogP contribution in [0, 0.1) is 0 Å². The summed E-state index contributed by atoms with van der Waals surface area (Å²) >= 11 is 3.71. The molecule has 0 unspecified atom stereocenters. The van der Waals surface area contributed by atoms with Crippen LogP contribution in [0.3, 0.4) is 0 Å². The summed E-state index contributed by atoms with van der Waals surface area (Å²) in [5, 5.41) is 4.38. The summed E-state index contributed by atoms with van der Waals surface area (Å²) < 4.78 is 0. The number of hydrogen-bond donors (Lipinski definition) is 0. The first kappa shape index (κ1) is 10.1. The van der Waals surface area contributed by atoms with E-state index in [-0.39, 0.29) is 4.87 Å². The van der Waals surface area contributed by atoms with E-state index in [9.17, 15) is 0 Å². The molecule has 1 fully saturated rings. The van der Waals surface area contributed by atoms with Crippen LogP contribution in [0.5, 0.6) is 0 Å². The Morgan fingerprint density at radius 1 is 1.67 bits per heavy atom. The van der Waals surface area contributed by atoms with Crippen LogP contribution in [-0.4, -0.2) is 21.6 Å². The molecule has 1 heterocycles. The highest BCUT2D eigenvalue weighted by Gasteiger charge is 2.37. The fourth-order valence-electron chi connectivity index (χ4n) is 1.34. The average Bonchev–Trinajstić information content (AvgIpc) is 2.10. The molecule has 5 heteroatoms. The standard InChI is InChI=1S/C7H13N3S2/c1-3-7(9-10-8)6(2)11-4-5-12-7/h6H,3-5H2,1-2H3/t6-,7-/m0/s1. The molecule has 0 bridgehead atoms. The molecule has 68 valence electrons. The van der Waals surface area contributed by atoms with Gasteiger partial charge in [0.05, 0.1) is 0 Å². The Bertz CT molecular complexity index is 203. The number of azide groups is 1. The van der Waals surface area contributed by atoms with E-state index in [0.717, 1.165) is 12.2 Å². The molecule has 0 aromatic heterocycles. The molecule has 0 aromatic carbocycles. The van der Waals surface area contributed by atoms with Crippen LogP contribution in [0.15, 0.2) is 5.11 Å². The highest BCUT2D eigenvalue weighted by Crippen LogP contribution is 2.44. The van der Waals surface area contributed by atoms with Crippen molar-refractivity contribution in [3.05, 3.63) is 10.4 Å².